The van der Waals surface area contributed by atoms with Crippen LogP contribution in [0.2, 0.25) is 0 Å². The molecule has 0 saturated carbocycles. The molecule has 5 nitrogen and oxygen atoms in total. The number of thiocarbonyl (C=S) groups is 1. The van der Waals surface area contributed by atoms with E-state index in [2.05, 4.69) is 10.2 Å². The molecule has 2 rings (SSSR count). The minimum Gasteiger partial charge on any atom is -0.495 e. The second-order valence-electron chi connectivity index (χ2n) is 4.62. The number of piperazine rings is 1. The molecule has 20 heavy (non-hydrogen) atoms. The van der Waals surface area contributed by atoms with E-state index in [1.807, 2.05) is 29.2 Å². The lowest BCUT2D eigenvalue weighted by Crippen LogP contribution is -2.51. The minimum atomic E-state index is 0.119. The summed E-state index contributed by atoms with van der Waals surface area (Å²) in [4.78, 5) is 15.2. The van der Waals surface area contributed by atoms with Crippen molar-refractivity contribution in [2.45, 2.75) is 6.92 Å². The quantitative estimate of drug-likeness (QED) is 0.838. The number of benzene rings is 1. The zero-order valence-electron chi connectivity index (χ0n) is 11.8. The molecular formula is C14H19N3O2S. The largest absolute Gasteiger partial charge is 0.495 e. The Morgan fingerprint density at radius 2 is 1.80 bits per heavy atom. The number of hydrogen-bond acceptors (Lipinski definition) is 3. The second-order valence-corrected chi connectivity index (χ2v) is 5.01. The van der Waals surface area contributed by atoms with Crippen molar-refractivity contribution in [3.8, 4) is 5.75 Å². The maximum Gasteiger partial charge on any atom is 0.219 e. The van der Waals surface area contributed by atoms with E-state index >= 15 is 0 Å². The molecule has 6 heteroatoms. The Morgan fingerprint density at radius 3 is 2.40 bits per heavy atom. The molecule has 0 spiro atoms. The van der Waals surface area contributed by atoms with E-state index in [9.17, 15) is 4.79 Å². The average Bonchev–Trinajstić information content (AvgIpc) is 2.48. The van der Waals surface area contributed by atoms with Crippen LogP contribution in [0.1, 0.15) is 6.92 Å². The van der Waals surface area contributed by atoms with E-state index in [1.165, 1.54) is 0 Å². The van der Waals surface area contributed by atoms with Crippen LogP contribution in [0.15, 0.2) is 24.3 Å². The van der Waals surface area contributed by atoms with E-state index in [-0.39, 0.29) is 5.91 Å². The van der Waals surface area contributed by atoms with E-state index in [4.69, 9.17) is 17.0 Å². The Hall–Kier alpha value is -1.82. The third-order valence-corrected chi connectivity index (χ3v) is 3.72. The third kappa shape index (κ3) is 3.39. The lowest BCUT2D eigenvalue weighted by Gasteiger charge is -2.35. The summed E-state index contributed by atoms with van der Waals surface area (Å²) in [6, 6.07) is 7.66. The molecule has 1 saturated heterocycles. The van der Waals surface area contributed by atoms with Crippen molar-refractivity contribution in [1.82, 2.24) is 9.80 Å². The van der Waals surface area contributed by atoms with Crippen molar-refractivity contribution in [3.05, 3.63) is 24.3 Å². The van der Waals surface area contributed by atoms with Crippen molar-refractivity contribution < 1.29 is 9.53 Å². The van der Waals surface area contributed by atoms with Gasteiger partial charge in [-0.1, -0.05) is 12.1 Å². The first kappa shape index (κ1) is 14.6. The van der Waals surface area contributed by atoms with Crippen molar-refractivity contribution in [1.29, 1.82) is 0 Å². The zero-order valence-corrected chi connectivity index (χ0v) is 12.6. The summed E-state index contributed by atoms with van der Waals surface area (Å²) in [5.74, 6) is 0.880. The van der Waals surface area contributed by atoms with Crippen LogP contribution in [0, 0.1) is 0 Å². The van der Waals surface area contributed by atoms with Crippen molar-refractivity contribution in [2.24, 2.45) is 0 Å². The topological polar surface area (TPSA) is 44.8 Å². The van der Waals surface area contributed by atoms with Crippen LogP contribution >= 0.6 is 12.2 Å². The number of nitrogens with one attached hydrogen (secondary N) is 1. The minimum absolute atomic E-state index is 0.119. The summed E-state index contributed by atoms with van der Waals surface area (Å²) in [5, 5.41) is 3.87. The van der Waals surface area contributed by atoms with Crippen LogP contribution < -0.4 is 10.1 Å². The Kier molecular flexibility index (Phi) is 4.79. The first-order valence-corrected chi connectivity index (χ1v) is 6.97. The number of amides is 1. The number of nitrogens with zero attached hydrogens (tertiary/aromatic N) is 2. The molecule has 1 amide bonds. The molecule has 1 aliphatic heterocycles. The molecule has 0 unspecified atom stereocenters. The van der Waals surface area contributed by atoms with Crippen molar-refractivity contribution >= 4 is 28.9 Å². The van der Waals surface area contributed by atoms with Gasteiger partial charge in [0.15, 0.2) is 5.11 Å². The summed E-state index contributed by atoms with van der Waals surface area (Å²) in [6.07, 6.45) is 0. The number of carbonyl (C=O) groups excluding carboxylic acids is 1. The number of anilines is 1. The van der Waals surface area contributed by atoms with Crippen LogP contribution in [0.4, 0.5) is 5.69 Å². The van der Waals surface area contributed by atoms with Gasteiger partial charge in [0.25, 0.3) is 0 Å². The Morgan fingerprint density at radius 1 is 1.20 bits per heavy atom. The average molecular weight is 293 g/mol. The van der Waals surface area contributed by atoms with Gasteiger partial charge in [-0.2, -0.15) is 0 Å². The van der Waals surface area contributed by atoms with Crippen molar-refractivity contribution in [2.75, 3.05) is 38.6 Å². The molecule has 1 heterocycles. The lowest BCUT2D eigenvalue weighted by molar-refractivity contribution is -0.130. The van der Waals surface area contributed by atoms with Gasteiger partial charge in [0, 0.05) is 33.1 Å². The second kappa shape index (κ2) is 6.56. The zero-order chi connectivity index (χ0) is 14.5. The van der Waals surface area contributed by atoms with E-state index in [0.717, 1.165) is 24.5 Å². The molecule has 0 bridgehead atoms. The van der Waals surface area contributed by atoms with Gasteiger partial charge in [-0.05, 0) is 24.4 Å². The molecule has 0 radical (unpaired) electrons. The molecule has 1 fully saturated rings. The molecule has 108 valence electrons. The fraction of sp³-hybridized carbons (Fsp3) is 0.429. The van der Waals surface area contributed by atoms with Gasteiger partial charge in [-0.3, -0.25) is 4.79 Å². The molecule has 1 N–H and O–H groups in total. The predicted octanol–water partition coefficient (Wildman–Crippen LogP) is 1.56. The number of para-hydroxylation sites is 2. The molecule has 1 aromatic carbocycles. The summed E-state index contributed by atoms with van der Waals surface area (Å²) in [6.45, 7) is 4.52. The monoisotopic (exact) mass is 293 g/mol. The molecule has 0 atom stereocenters. The van der Waals surface area contributed by atoms with Crippen LogP contribution in [-0.2, 0) is 4.79 Å². The normalized spacial score (nSPS) is 14.9. The summed E-state index contributed by atoms with van der Waals surface area (Å²) >= 11 is 5.42. The highest BCUT2D eigenvalue weighted by molar-refractivity contribution is 7.80. The Balaban J connectivity index is 1.94. The number of carbonyl (C=O) groups is 1. The standard InChI is InChI=1S/C14H19N3O2S/c1-11(18)16-7-9-17(10-8-16)14(20)15-12-5-3-4-6-13(12)19-2/h3-6H,7-10H2,1-2H3,(H,15,20). The van der Waals surface area contributed by atoms with Crippen LogP contribution in [0.5, 0.6) is 5.75 Å². The highest BCUT2D eigenvalue weighted by Crippen LogP contribution is 2.23. The van der Waals surface area contributed by atoms with Crippen LogP contribution in [0.3, 0.4) is 0 Å². The first-order valence-electron chi connectivity index (χ1n) is 6.56. The maximum atomic E-state index is 11.3. The maximum absolute atomic E-state index is 11.3. The van der Waals surface area contributed by atoms with Gasteiger partial charge < -0.3 is 19.9 Å². The van der Waals surface area contributed by atoms with Crippen LogP contribution in [0.25, 0.3) is 0 Å². The molecule has 1 aromatic rings. The molecule has 0 aliphatic carbocycles. The lowest BCUT2D eigenvalue weighted by atomic mass is 10.3. The highest BCUT2D eigenvalue weighted by atomic mass is 32.1. The Labute approximate surface area is 124 Å². The fourth-order valence-corrected chi connectivity index (χ4v) is 2.46. The van der Waals surface area contributed by atoms with Gasteiger partial charge >= 0.3 is 0 Å². The van der Waals surface area contributed by atoms with Gasteiger partial charge in [0.2, 0.25) is 5.91 Å². The molecule has 1 aliphatic rings. The van der Waals surface area contributed by atoms with Gasteiger partial charge in [-0.25, -0.2) is 0 Å². The first-order chi connectivity index (χ1) is 9.61. The summed E-state index contributed by atoms with van der Waals surface area (Å²) in [5.41, 5.74) is 0.856. The number of hydrogen-bond donors (Lipinski definition) is 1. The molecular weight excluding hydrogens is 274 g/mol. The number of methoxy groups -OCH3 is 1. The highest BCUT2D eigenvalue weighted by Gasteiger charge is 2.20. The number of rotatable bonds is 2. The molecule has 0 aromatic heterocycles. The van der Waals surface area contributed by atoms with Gasteiger partial charge in [-0.15, -0.1) is 0 Å². The van der Waals surface area contributed by atoms with Gasteiger partial charge in [0.1, 0.15) is 5.75 Å². The smallest absolute Gasteiger partial charge is 0.219 e. The predicted molar refractivity (Wildman–Crippen MR) is 83.0 cm³/mol. The van der Waals surface area contributed by atoms with E-state index < -0.39 is 0 Å². The van der Waals surface area contributed by atoms with E-state index in [0.29, 0.717) is 18.2 Å². The fourth-order valence-electron chi connectivity index (χ4n) is 2.17. The van der Waals surface area contributed by atoms with Crippen LogP contribution in [-0.4, -0.2) is 54.1 Å². The number of ether oxygens (including phenoxy) is 1. The SMILES string of the molecule is COc1ccccc1NC(=S)N1CCN(C(C)=O)CC1. The van der Waals surface area contributed by atoms with Crippen molar-refractivity contribution in [3.63, 3.8) is 0 Å². The van der Waals surface area contributed by atoms with E-state index in [1.54, 1.807) is 14.0 Å². The summed E-state index contributed by atoms with van der Waals surface area (Å²) in [7, 11) is 1.63. The van der Waals surface area contributed by atoms with Gasteiger partial charge in [0.05, 0.1) is 12.8 Å². The summed E-state index contributed by atoms with van der Waals surface area (Å²) < 4.78 is 5.29. The third-order valence-electron chi connectivity index (χ3n) is 3.36. The Bertz CT molecular complexity index is 499.